The molecule has 2 rings (SSSR count). The molecule has 2 aliphatic carbocycles. The fraction of sp³-hybridized carbons (Fsp3) is 0.941. The normalized spacial score (nSPS) is 29.5. The van der Waals surface area contributed by atoms with Gasteiger partial charge in [0.1, 0.15) is 5.54 Å². The van der Waals surface area contributed by atoms with E-state index in [1.54, 1.807) is 0 Å². The fourth-order valence-corrected chi connectivity index (χ4v) is 3.39. The molecule has 2 fully saturated rings. The van der Waals surface area contributed by atoms with Crippen LogP contribution in [0.5, 0.6) is 0 Å². The minimum Gasteiger partial charge on any atom is -0.381 e. The molecule has 2 unspecified atom stereocenters. The van der Waals surface area contributed by atoms with Gasteiger partial charge in [-0.2, -0.15) is 5.26 Å². The molecule has 1 N–H and O–H groups in total. The van der Waals surface area contributed by atoms with E-state index in [9.17, 15) is 5.26 Å². The Morgan fingerprint density at radius 2 is 2.05 bits per heavy atom. The lowest BCUT2D eigenvalue weighted by Gasteiger charge is -2.30. The van der Waals surface area contributed by atoms with Crippen molar-refractivity contribution in [2.45, 2.75) is 82.7 Å². The number of hydrogen-bond acceptors (Lipinski definition) is 3. The van der Waals surface area contributed by atoms with Gasteiger partial charge >= 0.3 is 0 Å². The SMILES string of the molecule is CCCCCCOCCC1CCCC1(C#N)NC1CC1. The largest absolute Gasteiger partial charge is 0.381 e. The van der Waals surface area contributed by atoms with E-state index in [1.165, 1.54) is 51.4 Å². The molecule has 0 aromatic heterocycles. The molecule has 20 heavy (non-hydrogen) atoms. The predicted octanol–water partition coefficient (Wildman–Crippen LogP) is 3.79. The maximum atomic E-state index is 9.61. The summed E-state index contributed by atoms with van der Waals surface area (Å²) in [7, 11) is 0. The third kappa shape index (κ3) is 4.46. The summed E-state index contributed by atoms with van der Waals surface area (Å²) in [5, 5.41) is 13.2. The molecule has 0 bridgehead atoms. The first-order valence-electron chi connectivity index (χ1n) is 8.57. The molecule has 0 radical (unpaired) electrons. The van der Waals surface area contributed by atoms with Crippen molar-refractivity contribution in [3.63, 3.8) is 0 Å². The van der Waals surface area contributed by atoms with E-state index in [0.717, 1.165) is 26.1 Å². The van der Waals surface area contributed by atoms with Crippen molar-refractivity contribution in [1.82, 2.24) is 5.32 Å². The fourth-order valence-electron chi connectivity index (χ4n) is 3.39. The quantitative estimate of drug-likeness (QED) is 0.618. The predicted molar refractivity (Wildman–Crippen MR) is 81.4 cm³/mol. The lowest BCUT2D eigenvalue weighted by atomic mass is 9.86. The van der Waals surface area contributed by atoms with Gasteiger partial charge in [-0.1, -0.05) is 32.6 Å². The molecule has 0 saturated heterocycles. The molecule has 0 aromatic rings. The van der Waals surface area contributed by atoms with Gasteiger partial charge in [0.05, 0.1) is 6.07 Å². The zero-order chi connectivity index (χ0) is 14.3. The van der Waals surface area contributed by atoms with Crippen molar-refractivity contribution in [3.8, 4) is 6.07 Å². The molecule has 3 heteroatoms. The molecule has 2 atom stereocenters. The van der Waals surface area contributed by atoms with E-state index < -0.39 is 0 Å². The zero-order valence-corrected chi connectivity index (χ0v) is 13.0. The second kappa shape index (κ2) is 8.00. The third-order valence-corrected chi connectivity index (χ3v) is 4.81. The Bertz CT molecular complexity index is 321. The van der Waals surface area contributed by atoms with Crippen molar-refractivity contribution in [1.29, 1.82) is 5.26 Å². The van der Waals surface area contributed by atoms with Crippen molar-refractivity contribution in [3.05, 3.63) is 0 Å². The van der Waals surface area contributed by atoms with Crippen LogP contribution in [0.25, 0.3) is 0 Å². The van der Waals surface area contributed by atoms with Crippen LogP contribution in [-0.4, -0.2) is 24.8 Å². The Kier molecular flexibility index (Phi) is 6.32. The molecule has 2 saturated carbocycles. The molecule has 114 valence electrons. The first-order chi connectivity index (χ1) is 9.80. The first-order valence-corrected chi connectivity index (χ1v) is 8.57. The third-order valence-electron chi connectivity index (χ3n) is 4.81. The topological polar surface area (TPSA) is 45.0 Å². The molecule has 0 heterocycles. The first kappa shape index (κ1) is 15.8. The van der Waals surface area contributed by atoms with Gasteiger partial charge in [0.25, 0.3) is 0 Å². The van der Waals surface area contributed by atoms with Gasteiger partial charge < -0.3 is 4.74 Å². The van der Waals surface area contributed by atoms with Crippen LogP contribution in [-0.2, 0) is 4.74 Å². The summed E-state index contributed by atoms with van der Waals surface area (Å²) >= 11 is 0. The number of hydrogen-bond donors (Lipinski definition) is 1. The van der Waals surface area contributed by atoms with Crippen LogP contribution < -0.4 is 5.32 Å². The van der Waals surface area contributed by atoms with Crippen LogP contribution in [0.4, 0.5) is 0 Å². The highest BCUT2D eigenvalue weighted by molar-refractivity contribution is 5.16. The van der Waals surface area contributed by atoms with E-state index in [-0.39, 0.29) is 5.54 Å². The molecule has 3 nitrogen and oxygen atoms in total. The number of rotatable bonds is 10. The van der Waals surface area contributed by atoms with Gasteiger partial charge in [0, 0.05) is 19.3 Å². The van der Waals surface area contributed by atoms with Gasteiger partial charge in [-0.15, -0.1) is 0 Å². The molecule has 2 aliphatic rings. The lowest BCUT2D eigenvalue weighted by molar-refractivity contribution is 0.108. The van der Waals surface area contributed by atoms with Crippen LogP contribution in [0, 0.1) is 17.2 Å². The standard InChI is InChI=1S/C17H30N2O/c1-2-3-4-5-12-20-13-10-15-7-6-11-17(15,14-18)19-16-8-9-16/h15-16,19H,2-13H2,1H3. The summed E-state index contributed by atoms with van der Waals surface area (Å²) in [5.41, 5.74) is -0.243. The highest BCUT2D eigenvalue weighted by atomic mass is 16.5. The maximum absolute atomic E-state index is 9.61. The van der Waals surface area contributed by atoms with E-state index in [0.29, 0.717) is 12.0 Å². The Labute approximate surface area is 124 Å². The lowest BCUT2D eigenvalue weighted by Crippen LogP contribution is -2.48. The van der Waals surface area contributed by atoms with E-state index in [1.807, 2.05) is 0 Å². The van der Waals surface area contributed by atoms with Gasteiger partial charge in [0.2, 0.25) is 0 Å². The van der Waals surface area contributed by atoms with Crippen molar-refractivity contribution >= 4 is 0 Å². The molecular formula is C17H30N2O. The van der Waals surface area contributed by atoms with Crippen LogP contribution in [0.1, 0.15) is 71.1 Å². The molecule has 0 aliphatic heterocycles. The average molecular weight is 278 g/mol. The molecule has 0 aromatic carbocycles. The van der Waals surface area contributed by atoms with Crippen molar-refractivity contribution in [2.24, 2.45) is 5.92 Å². The summed E-state index contributed by atoms with van der Waals surface area (Å²) in [6.07, 6.45) is 12.0. The Morgan fingerprint density at radius 1 is 1.20 bits per heavy atom. The number of ether oxygens (including phenoxy) is 1. The Balaban J connectivity index is 1.64. The van der Waals surface area contributed by atoms with Gasteiger partial charge in [0.15, 0.2) is 0 Å². The minimum atomic E-state index is -0.243. The monoisotopic (exact) mass is 278 g/mol. The number of unbranched alkanes of at least 4 members (excludes halogenated alkanes) is 3. The minimum absolute atomic E-state index is 0.243. The highest BCUT2D eigenvalue weighted by Crippen LogP contribution is 2.40. The van der Waals surface area contributed by atoms with E-state index in [2.05, 4.69) is 18.3 Å². The van der Waals surface area contributed by atoms with Crippen LogP contribution in [0.2, 0.25) is 0 Å². The summed E-state index contributed by atoms with van der Waals surface area (Å²) in [6.45, 7) is 3.95. The number of nitriles is 1. The van der Waals surface area contributed by atoms with E-state index >= 15 is 0 Å². The van der Waals surface area contributed by atoms with Crippen LogP contribution in [0.15, 0.2) is 0 Å². The maximum Gasteiger partial charge on any atom is 0.109 e. The summed E-state index contributed by atoms with van der Waals surface area (Å²) in [5.74, 6) is 0.490. The summed E-state index contributed by atoms with van der Waals surface area (Å²) in [4.78, 5) is 0. The van der Waals surface area contributed by atoms with Gasteiger partial charge in [-0.05, 0) is 44.4 Å². The highest BCUT2D eigenvalue weighted by Gasteiger charge is 2.45. The Morgan fingerprint density at radius 3 is 2.75 bits per heavy atom. The second-order valence-corrected chi connectivity index (χ2v) is 6.55. The van der Waals surface area contributed by atoms with Crippen LogP contribution in [0.3, 0.4) is 0 Å². The molecule has 0 spiro atoms. The van der Waals surface area contributed by atoms with E-state index in [4.69, 9.17) is 4.74 Å². The number of nitrogens with zero attached hydrogens (tertiary/aromatic N) is 1. The van der Waals surface area contributed by atoms with Crippen molar-refractivity contribution < 1.29 is 4.74 Å². The summed E-state index contributed by atoms with van der Waals surface area (Å²) in [6, 6.07) is 3.22. The van der Waals surface area contributed by atoms with Crippen molar-refractivity contribution in [2.75, 3.05) is 13.2 Å². The smallest absolute Gasteiger partial charge is 0.109 e. The molecule has 0 amide bonds. The Hall–Kier alpha value is -0.590. The van der Waals surface area contributed by atoms with Gasteiger partial charge in [-0.25, -0.2) is 0 Å². The molecular weight excluding hydrogens is 248 g/mol. The average Bonchev–Trinajstić information content (AvgIpc) is 3.18. The van der Waals surface area contributed by atoms with Crippen LogP contribution >= 0.6 is 0 Å². The summed E-state index contributed by atoms with van der Waals surface area (Å²) < 4.78 is 5.76. The second-order valence-electron chi connectivity index (χ2n) is 6.55. The number of nitrogens with one attached hydrogen (secondary N) is 1. The zero-order valence-electron chi connectivity index (χ0n) is 13.0. The van der Waals surface area contributed by atoms with Gasteiger partial charge in [-0.3, -0.25) is 5.32 Å².